The number of nitrogens with zero attached hydrogens (tertiary/aromatic N) is 1. The summed E-state index contributed by atoms with van der Waals surface area (Å²) in [5.41, 5.74) is -0.491. The van der Waals surface area contributed by atoms with Crippen LogP contribution in [-0.4, -0.2) is 17.1 Å². The van der Waals surface area contributed by atoms with Crippen LogP contribution in [0.4, 0.5) is 11.4 Å². The van der Waals surface area contributed by atoms with E-state index in [0.29, 0.717) is 6.29 Å². The maximum atomic E-state index is 11.1. The van der Waals surface area contributed by atoms with Crippen LogP contribution < -0.4 is 5.32 Å². The summed E-state index contributed by atoms with van der Waals surface area (Å²) in [5.74, 6) is -0.665. The van der Waals surface area contributed by atoms with E-state index in [1.807, 2.05) is 0 Å². The molecule has 0 saturated carbocycles. The molecule has 17 heavy (non-hydrogen) atoms. The number of hydrogen-bond acceptors (Lipinski definition) is 4. The van der Waals surface area contributed by atoms with E-state index in [2.05, 4.69) is 5.32 Å². The highest BCUT2D eigenvalue weighted by atomic mass is 35.5. The minimum atomic E-state index is -0.710. The van der Waals surface area contributed by atoms with Crippen LogP contribution in [0.15, 0.2) is 12.1 Å². The maximum absolute atomic E-state index is 11.1. The zero-order valence-corrected chi connectivity index (χ0v) is 9.79. The van der Waals surface area contributed by atoms with Crippen LogP contribution in [0.5, 0.6) is 0 Å². The van der Waals surface area contributed by atoms with Crippen LogP contribution in [0.25, 0.3) is 0 Å². The second-order valence-electron chi connectivity index (χ2n) is 2.96. The van der Waals surface area contributed by atoms with E-state index < -0.39 is 22.9 Å². The van der Waals surface area contributed by atoms with Crippen molar-refractivity contribution in [3.63, 3.8) is 0 Å². The number of amides is 1. The first kappa shape index (κ1) is 13.4. The van der Waals surface area contributed by atoms with Gasteiger partial charge in [0.2, 0.25) is 5.91 Å². The SMILES string of the molecule is O=CCC(=O)Nc1cc(Cl)c(Cl)cc1[N+](=O)[O-]. The molecule has 1 aromatic rings. The molecule has 1 N–H and O–H groups in total. The summed E-state index contributed by atoms with van der Waals surface area (Å²) in [6.45, 7) is 0. The fraction of sp³-hybridized carbons (Fsp3) is 0.111. The van der Waals surface area contributed by atoms with Crippen molar-refractivity contribution in [2.24, 2.45) is 0 Å². The molecule has 0 radical (unpaired) electrons. The predicted molar refractivity (Wildman–Crippen MR) is 62.4 cm³/mol. The topological polar surface area (TPSA) is 89.3 Å². The van der Waals surface area contributed by atoms with Gasteiger partial charge in [-0.1, -0.05) is 23.2 Å². The number of nitro groups is 1. The first-order valence-electron chi connectivity index (χ1n) is 4.32. The molecule has 0 heterocycles. The van der Waals surface area contributed by atoms with Gasteiger partial charge in [-0.3, -0.25) is 14.9 Å². The zero-order valence-electron chi connectivity index (χ0n) is 8.28. The molecule has 0 spiro atoms. The molecule has 1 aromatic carbocycles. The molecule has 0 aliphatic rings. The fourth-order valence-corrected chi connectivity index (χ4v) is 1.39. The van der Waals surface area contributed by atoms with Crippen LogP contribution in [0.3, 0.4) is 0 Å². The number of nitrogens with one attached hydrogen (secondary N) is 1. The lowest BCUT2D eigenvalue weighted by molar-refractivity contribution is -0.383. The van der Waals surface area contributed by atoms with Crippen molar-refractivity contribution in [2.75, 3.05) is 5.32 Å². The molecule has 8 heteroatoms. The number of hydrogen-bond donors (Lipinski definition) is 1. The van der Waals surface area contributed by atoms with Gasteiger partial charge in [0, 0.05) is 6.07 Å². The Morgan fingerprint density at radius 3 is 2.53 bits per heavy atom. The number of carbonyl (C=O) groups excluding carboxylic acids is 2. The van der Waals surface area contributed by atoms with E-state index in [4.69, 9.17) is 23.2 Å². The third-order valence-electron chi connectivity index (χ3n) is 1.78. The second-order valence-corrected chi connectivity index (χ2v) is 3.77. The number of carbonyl (C=O) groups is 2. The van der Waals surface area contributed by atoms with Gasteiger partial charge in [0.25, 0.3) is 5.69 Å². The Balaban J connectivity index is 3.12. The lowest BCUT2D eigenvalue weighted by atomic mass is 10.2. The minimum Gasteiger partial charge on any atom is -0.320 e. The van der Waals surface area contributed by atoms with Crippen LogP contribution in [0.2, 0.25) is 10.0 Å². The molecule has 0 aromatic heterocycles. The smallest absolute Gasteiger partial charge is 0.294 e. The number of benzene rings is 1. The van der Waals surface area contributed by atoms with Crippen molar-refractivity contribution in [1.82, 2.24) is 0 Å². The van der Waals surface area contributed by atoms with Crippen molar-refractivity contribution >= 4 is 46.8 Å². The number of nitro benzene ring substituents is 1. The Morgan fingerprint density at radius 1 is 1.41 bits per heavy atom. The van der Waals surface area contributed by atoms with Crippen LogP contribution in [-0.2, 0) is 9.59 Å². The molecule has 0 aliphatic carbocycles. The highest BCUT2D eigenvalue weighted by Crippen LogP contribution is 2.33. The van der Waals surface area contributed by atoms with Crippen LogP contribution >= 0.6 is 23.2 Å². The van der Waals surface area contributed by atoms with E-state index in [0.717, 1.165) is 12.1 Å². The van der Waals surface area contributed by atoms with E-state index in [-0.39, 0.29) is 15.7 Å². The third-order valence-corrected chi connectivity index (χ3v) is 2.50. The first-order chi connectivity index (χ1) is 7.95. The van der Waals surface area contributed by atoms with Gasteiger partial charge in [-0.2, -0.15) is 0 Å². The highest BCUT2D eigenvalue weighted by molar-refractivity contribution is 6.42. The van der Waals surface area contributed by atoms with Crippen molar-refractivity contribution in [1.29, 1.82) is 0 Å². The molecule has 0 bridgehead atoms. The molecule has 1 rings (SSSR count). The van der Waals surface area contributed by atoms with Gasteiger partial charge < -0.3 is 10.1 Å². The summed E-state index contributed by atoms with van der Waals surface area (Å²) in [6.07, 6.45) is -0.00388. The number of aldehydes is 1. The van der Waals surface area contributed by atoms with Gasteiger partial charge in [0.1, 0.15) is 12.0 Å². The molecule has 0 saturated heterocycles. The summed E-state index contributed by atoms with van der Waals surface area (Å²) in [7, 11) is 0. The zero-order chi connectivity index (χ0) is 13.0. The van der Waals surface area contributed by atoms with E-state index in [1.54, 1.807) is 0 Å². The summed E-state index contributed by atoms with van der Waals surface area (Å²) >= 11 is 11.3. The first-order valence-corrected chi connectivity index (χ1v) is 5.08. The average Bonchev–Trinajstić information content (AvgIpc) is 2.23. The Labute approximate surface area is 106 Å². The fourth-order valence-electron chi connectivity index (χ4n) is 1.06. The largest absolute Gasteiger partial charge is 0.320 e. The summed E-state index contributed by atoms with van der Waals surface area (Å²) in [5, 5.41) is 13.0. The minimum absolute atomic E-state index is 0.00625. The van der Waals surface area contributed by atoms with E-state index in [9.17, 15) is 19.7 Å². The van der Waals surface area contributed by atoms with E-state index in [1.165, 1.54) is 0 Å². The lowest BCUT2D eigenvalue weighted by Crippen LogP contribution is -2.12. The molecular formula is C9H6Cl2N2O4. The molecule has 0 fully saturated rings. The Bertz CT molecular complexity index is 490. The molecular weight excluding hydrogens is 271 g/mol. The maximum Gasteiger partial charge on any atom is 0.294 e. The summed E-state index contributed by atoms with van der Waals surface area (Å²) < 4.78 is 0. The molecule has 0 aliphatic heterocycles. The van der Waals surface area contributed by atoms with Crippen LogP contribution in [0.1, 0.15) is 6.42 Å². The molecule has 0 unspecified atom stereocenters. The highest BCUT2D eigenvalue weighted by Gasteiger charge is 2.18. The van der Waals surface area contributed by atoms with E-state index >= 15 is 0 Å². The van der Waals surface area contributed by atoms with Gasteiger partial charge in [-0.25, -0.2) is 0 Å². The normalized spacial score (nSPS) is 9.76. The Hall–Kier alpha value is -1.66. The van der Waals surface area contributed by atoms with Crippen molar-refractivity contribution in [3.8, 4) is 0 Å². The standard InChI is InChI=1S/C9H6Cl2N2O4/c10-5-3-7(12-9(15)1-2-14)8(13(16)17)4-6(5)11/h2-4H,1H2,(H,12,15). The molecule has 6 nitrogen and oxygen atoms in total. The average molecular weight is 277 g/mol. The number of halogens is 2. The van der Waals surface area contributed by atoms with Gasteiger partial charge >= 0.3 is 0 Å². The monoisotopic (exact) mass is 276 g/mol. The Kier molecular flexibility index (Phi) is 4.42. The number of rotatable bonds is 4. The van der Waals surface area contributed by atoms with Gasteiger partial charge in [0.15, 0.2) is 0 Å². The van der Waals surface area contributed by atoms with Gasteiger partial charge in [0.05, 0.1) is 21.4 Å². The van der Waals surface area contributed by atoms with Crippen LogP contribution in [0, 0.1) is 10.1 Å². The Morgan fingerprint density at radius 2 is 2.00 bits per heavy atom. The molecule has 90 valence electrons. The number of anilines is 1. The molecule has 1 amide bonds. The molecule has 0 atom stereocenters. The van der Waals surface area contributed by atoms with Crippen molar-refractivity contribution < 1.29 is 14.5 Å². The van der Waals surface area contributed by atoms with Gasteiger partial charge in [-0.05, 0) is 6.07 Å². The second kappa shape index (κ2) is 5.60. The summed E-state index contributed by atoms with van der Waals surface area (Å²) in [6, 6.07) is 2.19. The van der Waals surface area contributed by atoms with Crippen molar-refractivity contribution in [3.05, 3.63) is 32.3 Å². The third kappa shape index (κ3) is 3.40. The predicted octanol–water partition coefficient (Wildman–Crippen LogP) is 2.43. The van der Waals surface area contributed by atoms with Gasteiger partial charge in [-0.15, -0.1) is 0 Å². The van der Waals surface area contributed by atoms with Crippen molar-refractivity contribution in [2.45, 2.75) is 6.42 Å². The quantitative estimate of drug-likeness (QED) is 0.396. The summed E-state index contributed by atoms with van der Waals surface area (Å²) in [4.78, 5) is 31.2. The lowest BCUT2D eigenvalue weighted by Gasteiger charge is -2.05.